The van der Waals surface area contributed by atoms with E-state index < -0.39 is 18.1 Å². The van der Waals surface area contributed by atoms with E-state index >= 15 is 0 Å². The minimum Gasteiger partial charge on any atom is -0.480 e. The van der Waals surface area contributed by atoms with Gasteiger partial charge in [-0.25, -0.2) is 4.79 Å². The second-order valence-electron chi connectivity index (χ2n) is 4.33. The predicted molar refractivity (Wildman–Crippen MR) is 76.9 cm³/mol. The monoisotopic (exact) mass is 269 g/mol. The van der Waals surface area contributed by atoms with Crippen molar-refractivity contribution in [1.29, 1.82) is 0 Å². The number of hydrogen-bond acceptors (Lipinski definition) is 3. The Morgan fingerprint density at radius 1 is 1.00 bits per heavy atom. The quantitative estimate of drug-likeness (QED) is 0.818. The highest BCUT2D eigenvalue weighted by atomic mass is 16.4. The summed E-state index contributed by atoms with van der Waals surface area (Å²) in [5, 5.41) is 19.3. The maximum Gasteiger partial charge on any atom is 0.331 e. The van der Waals surface area contributed by atoms with Crippen molar-refractivity contribution in [1.82, 2.24) is 0 Å². The summed E-state index contributed by atoms with van der Waals surface area (Å²) < 4.78 is 0. The molecule has 2 atom stereocenters. The predicted octanol–water partition coefficient (Wildman–Crippen LogP) is 2.29. The summed E-state index contributed by atoms with van der Waals surface area (Å²) >= 11 is 0. The fourth-order valence-electron chi connectivity index (χ4n) is 1.82. The molecule has 4 heteroatoms. The molecule has 0 heterocycles. The number of hydrogen-bond donors (Lipinski definition) is 2. The third kappa shape index (κ3) is 3.52. The van der Waals surface area contributed by atoms with E-state index in [1.54, 1.807) is 30.3 Å². The molecule has 2 aromatic carbocycles. The molecule has 0 radical (unpaired) electrons. The molecule has 0 bridgehead atoms. The molecule has 0 saturated carbocycles. The fraction of sp³-hybridized carbons (Fsp3) is 0.125. The van der Waals surface area contributed by atoms with Crippen LogP contribution in [0, 0.1) is 0 Å². The normalized spacial score (nSPS) is 14.1. The van der Waals surface area contributed by atoms with Gasteiger partial charge in [-0.1, -0.05) is 60.7 Å². The van der Waals surface area contributed by atoms with Crippen LogP contribution in [0.1, 0.15) is 17.2 Å². The molecule has 0 saturated heterocycles. The highest BCUT2D eigenvalue weighted by Gasteiger charge is 2.26. The standard InChI is InChI=1S/C16H15NO3/c18-15(13-9-5-2-6-10-13)14(16(19)20)17-11-12-7-3-1-4-8-12/h1-11,14-15,18H,(H,19,20)/t14-,15-/m1/s1. The van der Waals surface area contributed by atoms with Crippen molar-refractivity contribution < 1.29 is 15.0 Å². The van der Waals surface area contributed by atoms with Crippen molar-refractivity contribution >= 4 is 12.2 Å². The zero-order valence-corrected chi connectivity index (χ0v) is 10.8. The number of benzene rings is 2. The van der Waals surface area contributed by atoms with E-state index in [4.69, 9.17) is 0 Å². The van der Waals surface area contributed by atoms with E-state index in [0.29, 0.717) is 5.56 Å². The zero-order valence-electron chi connectivity index (χ0n) is 10.8. The first-order valence-electron chi connectivity index (χ1n) is 6.22. The van der Waals surface area contributed by atoms with Crippen LogP contribution in [0.2, 0.25) is 0 Å². The zero-order chi connectivity index (χ0) is 14.4. The van der Waals surface area contributed by atoms with Crippen molar-refractivity contribution in [2.24, 2.45) is 4.99 Å². The van der Waals surface area contributed by atoms with Crippen LogP contribution < -0.4 is 0 Å². The molecular weight excluding hydrogens is 254 g/mol. The second kappa shape index (κ2) is 6.63. The van der Waals surface area contributed by atoms with Crippen LogP contribution in [0.5, 0.6) is 0 Å². The van der Waals surface area contributed by atoms with Crippen LogP contribution in [-0.2, 0) is 4.79 Å². The molecule has 20 heavy (non-hydrogen) atoms. The van der Waals surface area contributed by atoms with Gasteiger partial charge in [0.2, 0.25) is 0 Å². The number of rotatable bonds is 5. The Morgan fingerprint density at radius 2 is 1.55 bits per heavy atom. The molecule has 0 aromatic heterocycles. The highest BCUT2D eigenvalue weighted by Crippen LogP contribution is 2.19. The smallest absolute Gasteiger partial charge is 0.331 e. The summed E-state index contributed by atoms with van der Waals surface area (Å²) in [6.45, 7) is 0. The van der Waals surface area contributed by atoms with E-state index in [9.17, 15) is 15.0 Å². The molecule has 4 nitrogen and oxygen atoms in total. The molecule has 102 valence electrons. The van der Waals surface area contributed by atoms with Crippen molar-refractivity contribution in [3.63, 3.8) is 0 Å². The van der Waals surface area contributed by atoms with Gasteiger partial charge in [-0.15, -0.1) is 0 Å². The van der Waals surface area contributed by atoms with Gasteiger partial charge < -0.3 is 10.2 Å². The van der Waals surface area contributed by atoms with Crippen LogP contribution >= 0.6 is 0 Å². The Bertz CT molecular complexity index is 581. The second-order valence-corrected chi connectivity index (χ2v) is 4.33. The highest BCUT2D eigenvalue weighted by molar-refractivity contribution is 5.83. The average Bonchev–Trinajstić information content (AvgIpc) is 2.49. The Morgan fingerprint density at radius 3 is 2.10 bits per heavy atom. The summed E-state index contributed by atoms with van der Waals surface area (Å²) in [7, 11) is 0. The van der Waals surface area contributed by atoms with Crippen molar-refractivity contribution in [2.75, 3.05) is 0 Å². The average molecular weight is 269 g/mol. The van der Waals surface area contributed by atoms with Crippen molar-refractivity contribution in [2.45, 2.75) is 12.1 Å². The molecule has 0 aliphatic rings. The van der Waals surface area contributed by atoms with Gasteiger partial charge in [0.05, 0.1) is 0 Å². The summed E-state index contributed by atoms with van der Waals surface area (Å²) in [6, 6.07) is 16.6. The molecular formula is C16H15NO3. The van der Waals surface area contributed by atoms with Crippen LogP contribution in [0.25, 0.3) is 0 Å². The molecule has 2 aromatic rings. The molecule has 0 fully saturated rings. The number of aliphatic hydroxyl groups excluding tert-OH is 1. The summed E-state index contributed by atoms with van der Waals surface area (Å²) in [5.74, 6) is -1.16. The van der Waals surface area contributed by atoms with E-state index in [-0.39, 0.29) is 0 Å². The lowest BCUT2D eigenvalue weighted by Crippen LogP contribution is -2.26. The van der Waals surface area contributed by atoms with E-state index in [0.717, 1.165) is 5.56 Å². The number of aliphatic imine (C=N–C) groups is 1. The first-order chi connectivity index (χ1) is 9.68. The maximum atomic E-state index is 11.3. The number of aliphatic hydroxyl groups is 1. The van der Waals surface area contributed by atoms with Crippen LogP contribution in [0.15, 0.2) is 65.7 Å². The Labute approximate surface area is 117 Å². The molecule has 0 unspecified atom stereocenters. The summed E-state index contributed by atoms with van der Waals surface area (Å²) in [4.78, 5) is 15.3. The topological polar surface area (TPSA) is 69.9 Å². The molecule has 0 spiro atoms. The third-order valence-corrected chi connectivity index (χ3v) is 2.88. The Hall–Kier alpha value is -2.46. The lowest BCUT2D eigenvalue weighted by molar-refractivity contribution is -0.141. The summed E-state index contributed by atoms with van der Waals surface area (Å²) in [6.07, 6.45) is 0.291. The number of carboxylic acids is 1. The first-order valence-corrected chi connectivity index (χ1v) is 6.22. The SMILES string of the molecule is O=C(O)[C@H](N=Cc1ccccc1)[C@H](O)c1ccccc1. The van der Waals surface area contributed by atoms with Crippen LogP contribution in [0.4, 0.5) is 0 Å². The maximum absolute atomic E-state index is 11.3. The van der Waals surface area contributed by atoms with Gasteiger partial charge in [0.15, 0.2) is 6.04 Å². The van der Waals surface area contributed by atoms with Gasteiger partial charge in [0.25, 0.3) is 0 Å². The minimum atomic E-state index is -1.22. The molecule has 2 N–H and O–H groups in total. The lowest BCUT2D eigenvalue weighted by atomic mass is 10.0. The van der Waals surface area contributed by atoms with E-state index in [1.807, 2.05) is 30.3 Å². The number of nitrogens with zero attached hydrogens (tertiary/aromatic N) is 1. The lowest BCUT2D eigenvalue weighted by Gasteiger charge is -2.15. The fourth-order valence-corrected chi connectivity index (χ4v) is 1.82. The Kier molecular flexibility index (Phi) is 4.63. The Balaban J connectivity index is 2.20. The number of aliphatic carboxylic acids is 1. The summed E-state index contributed by atoms with van der Waals surface area (Å²) in [5.41, 5.74) is 1.32. The largest absolute Gasteiger partial charge is 0.480 e. The van der Waals surface area contributed by atoms with Gasteiger partial charge in [-0.2, -0.15) is 0 Å². The van der Waals surface area contributed by atoms with Gasteiger partial charge in [0.1, 0.15) is 6.10 Å². The van der Waals surface area contributed by atoms with Crippen LogP contribution in [-0.4, -0.2) is 28.4 Å². The number of carboxylic acid groups (broad SMARTS) is 1. The van der Waals surface area contributed by atoms with E-state index in [2.05, 4.69) is 4.99 Å². The van der Waals surface area contributed by atoms with Gasteiger partial charge in [-0.05, 0) is 11.1 Å². The molecule has 2 rings (SSSR count). The van der Waals surface area contributed by atoms with Crippen molar-refractivity contribution in [3.05, 3.63) is 71.8 Å². The molecule has 0 aliphatic carbocycles. The van der Waals surface area contributed by atoms with Crippen molar-refractivity contribution in [3.8, 4) is 0 Å². The minimum absolute atomic E-state index is 0.533. The van der Waals surface area contributed by atoms with Gasteiger partial charge >= 0.3 is 5.97 Å². The molecule has 0 amide bonds. The first kappa shape index (κ1) is 14.0. The van der Waals surface area contributed by atoms with Crippen LogP contribution in [0.3, 0.4) is 0 Å². The third-order valence-electron chi connectivity index (χ3n) is 2.88. The van der Waals surface area contributed by atoms with Gasteiger partial charge in [0, 0.05) is 6.21 Å². The van der Waals surface area contributed by atoms with Gasteiger partial charge in [-0.3, -0.25) is 4.99 Å². The molecule has 0 aliphatic heterocycles. The number of carbonyl (C=O) groups is 1. The van der Waals surface area contributed by atoms with E-state index in [1.165, 1.54) is 6.21 Å².